The average molecular weight is 2050 g/mol. The topological polar surface area (TPSA) is 420 Å². The van der Waals surface area contributed by atoms with Crippen LogP contribution in [0.3, 0.4) is 0 Å². The number of carbonyl (C=O) groups excluding carboxylic acids is 4. The van der Waals surface area contributed by atoms with Crippen LogP contribution in [0.1, 0.15) is 54.8 Å². The third-order valence-corrected chi connectivity index (χ3v) is 27.5. The van der Waals surface area contributed by atoms with E-state index >= 15 is 0 Å². The largest absolute Gasteiger partial charge is 0.493 e. The second-order valence-electron chi connectivity index (χ2n) is 33.8. The van der Waals surface area contributed by atoms with E-state index in [1.807, 2.05) is 122 Å². The van der Waals surface area contributed by atoms with Crippen molar-refractivity contribution in [3.8, 4) is 88.0 Å². The Balaban J connectivity index is 0.000000128. The summed E-state index contributed by atoms with van der Waals surface area (Å²) in [7, 11) is 6.52. The van der Waals surface area contributed by atoms with Crippen molar-refractivity contribution >= 4 is 120 Å². The number of nitrogens with one attached hydrogen (secondary N) is 8. The van der Waals surface area contributed by atoms with Gasteiger partial charge in [0.15, 0.2) is 11.5 Å². The minimum absolute atomic E-state index is 0.257. The molecule has 4 aromatic carbocycles. The zero-order chi connectivity index (χ0) is 100. The molecule has 21 rings (SSSR count). The molecule has 5 aliphatic heterocycles. The van der Waals surface area contributed by atoms with E-state index in [2.05, 4.69) is 152 Å². The maximum absolute atomic E-state index is 13.0. The van der Waals surface area contributed by atoms with Gasteiger partial charge in [-0.05, 0) is 108 Å². The first kappa shape index (κ1) is 101. The zero-order valence-corrected chi connectivity index (χ0v) is 84.2. The van der Waals surface area contributed by atoms with Gasteiger partial charge in [-0.25, -0.2) is 38.7 Å². The number of anilines is 9. The van der Waals surface area contributed by atoms with E-state index in [4.69, 9.17) is 33.2 Å². The highest BCUT2D eigenvalue weighted by Gasteiger charge is 2.27. The number of aromatic nitrogens is 16. The van der Waals surface area contributed by atoms with E-state index in [1.54, 1.807) is 137 Å². The number of benzene rings is 4. The quantitative estimate of drug-likeness (QED) is 0.0174. The molecule has 0 atom stereocenters. The van der Waals surface area contributed by atoms with Crippen LogP contribution in [0, 0.1) is 0 Å². The second kappa shape index (κ2) is 50.2. The molecule has 0 radical (unpaired) electrons. The Morgan fingerprint density at radius 3 is 1.01 bits per heavy atom. The van der Waals surface area contributed by atoms with Crippen molar-refractivity contribution in [2.45, 2.75) is 12.8 Å². The normalized spacial score (nSPS) is 14.1. The van der Waals surface area contributed by atoms with E-state index in [0.29, 0.717) is 117 Å². The number of amides is 4. The van der Waals surface area contributed by atoms with E-state index in [0.717, 1.165) is 197 Å². The van der Waals surface area contributed by atoms with Gasteiger partial charge in [-0.2, -0.15) is 20.4 Å². The predicted octanol–water partition coefficient (Wildman–Crippen LogP) is 12.9. The number of rotatable bonds is 34. The summed E-state index contributed by atoms with van der Waals surface area (Å²) in [6.45, 7) is 19.5. The predicted molar refractivity (Wildman–Crippen MR) is 568 cm³/mol. The Hall–Kier alpha value is -15.4. The molecule has 8 N–H and O–H groups in total. The average Bonchev–Trinajstić information content (AvgIpc) is 1.71. The summed E-state index contributed by atoms with van der Waals surface area (Å²) < 4.78 is 44.4. The summed E-state index contributed by atoms with van der Waals surface area (Å²) in [5, 5.41) is 52.6. The van der Waals surface area contributed by atoms with Crippen molar-refractivity contribution in [3.63, 3.8) is 0 Å². The van der Waals surface area contributed by atoms with Crippen LogP contribution in [0.2, 0.25) is 0 Å². The summed E-state index contributed by atoms with van der Waals surface area (Å²) in [4.78, 5) is 98.3. The fourth-order valence-corrected chi connectivity index (χ4v) is 19.6. The molecule has 16 aromatic rings. The Morgan fingerprint density at radius 1 is 0.315 bits per heavy atom. The first-order chi connectivity index (χ1) is 71.8. The van der Waals surface area contributed by atoms with Crippen molar-refractivity contribution in [1.82, 2.24) is 100 Å². The van der Waals surface area contributed by atoms with Crippen LogP contribution in [0.5, 0.6) is 23.0 Å². The van der Waals surface area contributed by atoms with Gasteiger partial charge in [0.25, 0.3) is 23.6 Å². The third-order valence-electron chi connectivity index (χ3n) is 24.2. The molecule has 5 aliphatic rings. The van der Waals surface area contributed by atoms with Gasteiger partial charge < -0.3 is 100 Å². The molecule has 146 heavy (non-hydrogen) atoms. The van der Waals surface area contributed by atoms with Gasteiger partial charge in [-0.15, -0.1) is 45.3 Å². The maximum atomic E-state index is 13.0. The molecule has 0 bridgehead atoms. The fourth-order valence-electron chi connectivity index (χ4n) is 16.7. The van der Waals surface area contributed by atoms with Crippen molar-refractivity contribution in [2.24, 2.45) is 0 Å². The fraction of sp³-hybridized carbons (Fsp3) is 0.294. The molecule has 0 spiro atoms. The highest BCUT2D eigenvalue weighted by molar-refractivity contribution is 7.13. The van der Waals surface area contributed by atoms with E-state index < -0.39 is 0 Å². The van der Waals surface area contributed by atoms with E-state index in [9.17, 15) is 19.2 Å². The summed E-state index contributed by atoms with van der Waals surface area (Å²) in [5.74, 6) is 1.70. The van der Waals surface area contributed by atoms with Gasteiger partial charge in [-0.1, -0.05) is 42.5 Å². The Kier molecular flexibility index (Phi) is 34.7. The minimum Gasteiger partial charge on any atom is -0.493 e. The summed E-state index contributed by atoms with van der Waals surface area (Å²) in [6.07, 6.45) is 30.9. The monoisotopic (exact) mass is 2050 g/mol. The molecule has 5 saturated heterocycles. The van der Waals surface area contributed by atoms with Crippen LogP contribution in [-0.4, -0.2) is 289 Å². The van der Waals surface area contributed by atoms with Gasteiger partial charge in [0.05, 0.1) is 122 Å². The maximum Gasteiger partial charge on any atom is 0.275 e. The van der Waals surface area contributed by atoms with Crippen molar-refractivity contribution in [1.29, 1.82) is 0 Å². The van der Waals surface area contributed by atoms with Gasteiger partial charge in [0.1, 0.15) is 54.1 Å². The Labute approximate surface area is 858 Å². The van der Waals surface area contributed by atoms with E-state index in [-0.39, 0.29) is 23.6 Å². The van der Waals surface area contributed by atoms with Crippen molar-refractivity contribution < 1.29 is 52.3 Å². The van der Waals surface area contributed by atoms with Crippen LogP contribution < -0.4 is 86.0 Å². The van der Waals surface area contributed by atoms with E-state index in [1.165, 1.54) is 63.9 Å². The lowest BCUT2D eigenvalue weighted by molar-refractivity contribution is 0.101. The first-order valence-corrected chi connectivity index (χ1v) is 51.3. The number of methoxy groups -OCH3 is 4. The summed E-state index contributed by atoms with van der Waals surface area (Å²) in [6, 6.07) is 37.6. The highest BCUT2D eigenvalue weighted by Crippen LogP contribution is 2.38. The molecule has 5 fully saturated rings. The van der Waals surface area contributed by atoms with Crippen LogP contribution >= 0.6 is 45.3 Å². The number of thiazole rings is 4. The second-order valence-corrected chi connectivity index (χ2v) is 37.1. The van der Waals surface area contributed by atoms with Crippen molar-refractivity contribution in [2.75, 3.05) is 232 Å². The lowest BCUT2D eigenvalue weighted by Gasteiger charge is -2.30. The van der Waals surface area contributed by atoms with Crippen LogP contribution in [0.15, 0.2) is 236 Å². The Bertz CT molecular complexity index is 6990. The lowest BCUT2D eigenvalue weighted by Crippen LogP contribution is -2.43. The summed E-state index contributed by atoms with van der Waals surface area (Å²) in [5.41, 5.74) is 16.9. The number of ether oxygens (including phenoxy) is 7. The standard InChI is InChI=1S/C26H28N8OS.C26H29N7O4S.2C25H27N7O3S/c35-25(30-22-16-28-7-6-24(22)33-12-8-27-9-13-33)23-18-36-26(31-23)34-17-20(15-29-34)19-4-3-5-21(14-19)32-10-1-2-11-32;1-35-11-12-37-23-4-3-18(13-24(23)36-2)19-14-29-33(16-19)26-31-21(17-38-26)25(34)30-20-15-28-6-5-22(20)32-9-7-27-8-10-32;1-34-12-13-35-20-4-2-18(3-5-20)19-14-28-32(16-19)25-30-22(17-36-25)24(33)29-21-15-27-7-6-23(21)31-10-8-26-9-11-31;1-34-11-12-35-20-4-2-3-18(13-20)19-14-28-32(16-19)25-30-22(17-36-25)24(33)29-21-15-27-6-5-23(21)31-9-7-26-8-10-31/h3-7,14-18,27H,1-2,8-13H2,(H,30,35);3-6,13-17,27H,7-12H2,1-2H3,(H,30,34);2-7,14-17,26H,8-13H2,1H3,(H,29,33);2-6,13-17,26H,7-12H2,1H3,(H,29,33). The number of nitrogens with zero attached hydrogens (tertiary/aromatic N) is 21. The van der Waals surface area contributed by atoms with Crippen LogP contribution in [0.4, 0.5) is 51.2 Å². The number of piperazine rings is 4. The Morgan fingerprint density at radius 2 is 0.644 bits per heavy atom. The molecular formula is C102H111N29O11S4. The van der Waals surface area contributed by atoms with Gasteiger partial charge >= 0.3 is 0 Å². The highest BCUT2D eigenvalue weighted by atomic mass is 32.1. The third kappa shape index (κ3) is 26.1. The molecular weight excluding hydrogens is 1940 g/mol. The molecule has 40 nitrogen and oxygen atoms in total. The first-order valence-electron chi connectivity index (χ1n) is 47.8. The molecule has 0 saturated carbocycles. The van der Waals surface area contributed by atoms with Crippen molar-refractivity contribution in [3.05, 3.63) is 259 Å². The molecule has 17 heterocycles. The van der Waals surface area contributed by atoms with Gasteiger partial charge in [0, 0.05) is 238 Å². The minimum atomic E-state index is -0.293. The zero-order valence-electron chi connectivity index (χ0n) is 80.9. The molecule has 12 aromatic heterocycles. The molecule has 0 aliphatic carbocycles. The SMILES string of the molecule is COCCOc1ccc(-c2cnn(-c3nc(C(=O)Nc4cnccc4N4CCNCC4)cs3)c2)cc1.COCCOc1ccc(-c2cnn(-c3nc(C(=O)Nc4cnccc4N4CCNCC4)cs3)c2)cc1OC.COCCOc1cccc(-c2cnn(-c3nc(C(=O)Nc4cnccc4N4CCNCC4)cs3)c2)c1.O=C(Nc1cnccc1N1CCNCC1)c1csc(-n2cc(-c3cccc(N4CCCC4)c3)cn2)n1. The summed E-state index contributed by atoms with van der Waals surface area (Å²) >= 11 is 5.45. The molecule has 754 valence electrons. The number of pyridine rings is 4. The number of carbonyl (C=O) groups is 4. The molecule has 0 unspecified atom stereocenters. The van der Waals surface area contributed by atoms with Gasteiger partial charge in [0.2, 0.25) is 20.5 Å². The van der Waals surface area contributed by atoms with Crippen LogP contribution in [0.25, 0.3) is 65.0 Å². The molecule has 4 amide bonds. The van der Waals surface area contributed by atoms with Crippen LogP contribution in [-0.2, 0) is 14.2 Å². The molecule has 44 heteroatoms. The lowest BCUT2D eigenvalue weighted by atomic mass is 10.1. The smallest absolute Gasteiger partial charge is 0.275 e. The number of hydrogen-bond acceptors (Lipinski definition) is 36. The van der Waals surface area contributed by atoms with Gasteiger partial charge in [-0.3, -0.25) is 39.1 Å². The number of hydrogen-bond donors (Lipinski definition) is 8.